The quantitative estimate of drug-likeness (QED) is 0.686. The van der Waals surface area contributed by atoms with Crippen molar-refractivity contribution in [2.45, 2.75) is 19.6 Å². The van der Waals surface area contributed by atoms with Crippen LogP contribution in [-0.4, -0.2) is 11.7 Å². The highest BCUT2D eigenvalue weighted by atomic mass is 35.5. The molecule has 25 heavy (non-hydrogen) atoms. The lowest BCUT2D eigenvalue weighted by Gasteiger charge is -2.15. The Balaban J connectivity index is 2.02. The molecule has 0 aliphatic heterocycles. The molecule has 134 valence electrons. The second kappa shape index (κ2) is 8.40. The van der Waals surface area contributed by atoms with E-state index in [-0.39, 0.29) is 15.8 Å². The molecule has 0 spiro atoms. The molecule has 0 aromatic heterocycles. The second-order valence-corrected chi connectivity index (χ2v) is 5.86. The minimum absolute atomic E-state index is 0.196. The molecule has 3 nitrogen and oxygen atoms in total. The highest BCUT2D eigenvalue weighted by Gasteiger charge is 2.33. The number of rotatable bonds is 5. The lowest BCUT2D eigenvalue weighted by molar-refractivity contribution is -0.137. The lowest BCUT2D eigenvalue weighted by atomic mass is 10.2. The summed E-state index contributed by atoms with van der Waals surface area (Å²) in [4.78, 5) is 0. The molecule has 0 bridgehead atoms. The van der Waals surface area contributed by atoms with Crippen molar-refractivity contribution in [3.05, 3.63) is 58.6 Å². The fourth-order valence-electron chi connectivity index (χ4n) is 2.12. The molecule has 0 saturated heterocycles. The summed E-state index contributed by atoms with van der Waals surface area (Å²) >= 11 is 10.7. The molecule has 8 heteroatoms. The molecular formula is C17H16ClF3N2OS. The normalized spacial score (nSPS) is 11.1. The van der Waals surface area contributed by atoms with E-state index in [4.69, 9.17) is 28.6 Å². The zero-order valence-electron chi connectivity index (χ0n) is 13.3. The minimum atomic E-state index is -4.53. The SMILES string of the molecule is CCOc1ccccc1CNC(=S)Nc1ccc(Cl)c(C(F)(F)F)c1. The van der Waals surface area contributed by atoms with Crippen LogP contribution in [0.5, 0.6) is 5.75 Å². The average molecular weight is 389 g/mol. The standard InChI is InChI=1S/C17H16ClF3N2OS/c1-2-24-15-6-4-3-5-11(15)10-22-16(25)23-12-7-8-14(18)13(9-12)17(19,20)21/h3-9H,2,10H2,1H3,(H2,22,23,25). The smallest absolute Gasteiger partial charge is 0.417 e. The number of hydrogen-bond donors (Lipinski definition) is 2. The van der Waals surface area contributed by atoms with E-state index in [0.29, 0.717) is 13.2 Å². The van der Waals surface area contributed by atoms with Gasteiger partial charge in [0.25, 0.3) is 0 Å². The number of benzene rings is 2. The summed E-state index contributed by atoms with van der Waals surface area (Å²) in [6, 6.07) is 11.0. The lowest BCUT2D eigenvalue weighted by Crippen LogP contribution is -2.28. The topological polar surface area (TPSA) is 33.3 Å². The zero-order valence-corrected chi connectivity index (χ0v) is 14.9. The van der Waals surface area contributed by atoms with Crippen molar-refractivity contribution in [3.8, 4) is 5.75 Å². The Kier molecular flexibility index (Phi) is 6.50. The first-order chi connectivity index (χ1) is 11.8. The van der Waals surface area contributed by atoms with Crippen molar-refractivity contribution < 1.29 is 17.9 Å². The third-order valence-corrected chi connectivity index (χ3v) is 3.82. The van der Waals surface area contributed by atoms with Crippen LogP contribution >= 0.6 is 23.8 Å². The van der Waals surface area contributed by atoms with Gasteiger partial charge in [0.15, 0.2) is 5.11 Å². The van der Waals surface area contributed by atoms with Gasteiger partial charge in [-0.05, 0) is 43.4 Å². The van der Waals surface area contributed by atoms with Crippen LogP contribution < -0.4 is 15.4 Å². The summed E-state index contributed by atoms with van der Waals surface area (Å²) in [5.74, 6) is 0.728. The van der Waals surface area contributed by atoms with E-state index < -0.39 is 11.7 Å². The molecule has 0 heterocycles. The van der Waals surface area contributed by atoms with Crippen LogP contribution in [0.25, 0.3) is 0 Å². The van der Waals surface area contributed by atoms with Crippen molar-refractivity contribution in [2.75, 3.05) is 11.9 Å². The van der Waals surface area contributed by atoms with Gasteiger partial charge in [-0.1, -0.05) is 29.8 Å². The summed E-state index contributed by atoms with van der Waals surface area (Å²) in [7, 11) is 0. The summed E-state index contributed by atoms with van der Waals surface area (Å²) in [6.07, 6.45) is -4.53. The molecule has 0 aliphatic carbocycles. The first kappa shape index (κ1) is 19.3. The molecule has 2 N–H and O–H groups in total. The molecule has 0 unspecified atom stereocenters. The Labute approximate surface area is 154 Å². The Morgan fingerprint density at radius 3 is 2.60 bits per heavy atom. The van der Waals surface area contributed by atoms with Crippen molar-refractivity contribution in [2.24, 2.45) is 0 Å². The van der Waals surface area contributed by atoms with Crippen LogP contribution in [0, 0.1) is 0 Å². The van der Waals surface area contributed by atoms with Crippen LogP contribution in [0.3, 0.4) is 0 Å². The summed E-state index contributed by atoms with van der Waals surface area (Å²) in [5, 5.41) is 5.51. The second-order valence-electron chi connectivity index (χ2n) is 5.04. The molecule has 0 radical (unpaired) electrons. The first-order valence-corrected chi connectivity index (χ1v) is 8.22. The molecule has 2 aromatic rings. The number of para-hydroxylation sites is 1. The minimum Gasteiger partial charge on any atom is -0.494 e. The van der Waals surface area contributed by atoms with E-state index in [0.717, 1.165) is 17.4 Å². The van der Waals surface area contributed by atoms with E-state index in [2.05, 4.69) is 10.6 Å². The largest absolute Gasteiger partial charge is 0.494 e. The van der Waals surface area contributed by atoms with Gasteiger partial charge in [-0.15, -0.1) is 0 Å². The third-order valence-electron chi connectivity index (χ3n) is 3.24. The molecular weight excluding hydrogens is 373 g/mol. The highest BCUT2D eigenvalue weighted by molar-refractivity contribution is 7.80. The number of anilines is 1. The fourth-order valence-corrected chi connectivity index (χ4v) is 2.53. The number of halogens is 4. The van der Waals surface area contributed by atoms with Gasteiger partial charge in [-0.3, -0.25) is 0 Å². The Morgan fingerprint density at radius 2 is 1.92 bits per heavy atom. The predicted octanol–water partition coefficient (Wildman–Crippen LogP) is 5.24. The monoisotopic (exact) mass is 388 g/mol. The maximum atomic E-state index is 12.9. The van der Waals surface area contributed by atoms with Crippen LogP contribution in [0.2, 0.25) is 5.02 Å². The van der Waals surface area contributed by atoms with Gasteiger partial charge >= 0.3 is 6.18 Å². The first-order valence-electron chi connectivity index (χ1n) is 7.43. The molecule has 2 rings (SSSR count). The van der Waals surface area contributed by atoms with Crippen molar-refractivity contribution >= 4 is 34.6 Å². The molecule has 0 atom stereocenters. The zero-order chi connectivity index (χ0) is 18.4. The van der Waals surface area contributed by atoms with Crippen LogP contribution in [0.1, 0.15) is 18.1 Å². The van der Waals surface area contributed by atoms with Gasteiger partial charge in [0.1, 0.15) is 5.75 Å². The third kappa shape index (κ3) is 5.51. The van der Waals surface area contributed by atoms with Crippen LogP contribution in [0.15, 0.2) is 42.5 Å². The Hall–Kier alpha value is -1.99. The summed E-state index contributed by atoms with van der Waals surface area (Å²) < 4.78 is 44.1. The van der Waals surface area contributed by atoms with E-state index in [1.54, 1.807) is 0 Å². The molecule has 0 aliphatic rings. The van der Waals surface area contributed by atoms with E-state index in [1.165, 1.54) is 12.1 Å². The molecule has 2 aromatic carbocycles. The van der Waals surface area contributed by atoms with Gasteiger partial charge in [0.05, 0.1) is 17.2 Å². The van der Waals surface area contributed by atoms with Crippen molar-refractivity contribution in [1.82, 2.24) is 5.32 Å². The number of thiocarbonyl (C=S) groups is 1. The molecule has 0 fully saturated rings. The summed E-state index contributed by atoms with van der Waals surface area (Å²) in [5.41, 5.74) is 0.177. The van der Waals surface area contributed by atoms with Crippen LogP contribution in [-0.2, 0) is 12.7 Å². The van der Waals surface area contributed by atoms with Gasteiger partial charge in [-0.25, -0.2) is 0 Å². The van der Waals surface area contributed by atoms with E-state index in [1.807, 2.05) is 31.2 Å². The summed E-state index contributed by atoms with van der Waals surface area (Å²) in [6.45, 7) is 2.79. The van der Waals surface area contributed by atoms with E-state index >= 15 is 0 Å². The molecule has 0 saturated carbocycles. The van der Waals surface area contributed by atoms with Crippen molar-refractivity contribution in [3.63, 3.8) is 0 Å². The number of ether oxygens (including phenoxy) is 1. The van der Waals surface area contributed by atoms with Gasteiger partial charge in [0.2, 0.25) is 0 Å². The van der Waals surface area contributed by atoms with Gasteiger partial charge < -0.3 is 15.4 Å². The fraction of sp³-hybridized carbons (Fsp3) is 0.235. The predicted molar refractivity (Wildman–Crippen MR) is 97.1 cm³/mol. The number of hydrogen-bond acceptors (Lipinski definition) is 2. The van der Waals surface area contributed by atoms with Gasteiger partial charge in [0, 0.05) is 17.8 Å². The molecule has 0 amide bonds. The van der Waals surface area contributed by atoms with Crippen LogP contribution in [0.4, 0.5) is 18.9 Å². The maximum Gasteiger partial charge on any atom is 0.417 e. The highest BCUT2D eigenvalue weighted by Crippen LogP contribution is 2.36. The van der Waals surface area contributed by atoms with Gasteiger partial charge in [-0.2, -0.15) is 13.2 Å². The number of nitrogens with one attached hydrogen (secondary N) is 2. The Morgan fingerprint density at radius 1 is 1.20 bits per heavy atom. The van der Waals surface area contributed by atoms with E-state index in [9.17, 15) is 13.2 Å². The average Bonchev–Trinajstić information content (AvgIpc) is 2.55. The maximum absolute atomic E-state index is 12.9. The Bertz CT molecular complexity index is 753. The number of alkyl halides is 3. The van der Waals surface area contributed by atoms with Crippen molar-refractivity contribution in [1.29, 1.82) is 0 Å².